The van der Waals surface area contributed by atoms with Crippen molar-refractivity contribution in [2.45, 2.75) is 36.7 Å². The SMILES string of the molecule is CNC(C)c1cccc(S(=O)(=O)NC2CCN(C)CC2)c1. The van der Waals surface area contributed by atoms with E-state index in [1.807, 2.05) is 20.0 Å². The summed E-state index contributed by atoms with van der Waals surface area (Å²) in [6.45, 7) is 3.88. The first-order valence-electron chi connectivity index (χ1n) is 7.40. The van der Waals surface area contributed by atoms with Gasteiger partial charge < -0.3 is 10.2 Å². The van der Waals surface area contributed by atoms with Crippen LogP contribution in [0, 0.1) is 0 Å². The summed E-state index contributed by atoms with van der Waals surface area (Å²) in [6, 6.07) is 7.31. The Hall–Kier alpha value is -0.950. The molecule has 0 amide bonds. The Morgan fingerprint density at radius 3 is 2.57 bits per heavy atom. The van der Waals surface area contributed by atoms with Gasteiger partial charge in [-0.3, -0.25) is 0 Å². The Kier molecular flexibility index (Phi) is 5.37. The summed E-state index contributed by atoms with van der Waals surface area (Å²) in [5, 5.41) is 3.13. The molecule has 21 heavy (non-hydrogen) atoms. The van der Waals surface area contributed by atoms with Gasteiger partial charge in [-0.25, -0.2) is 13.1 Å². The van der Waals surface area contributed by atoms with E-state index in [9.17, 15) is 8.42 Å². The number of benzene rings is 1. The van der Waals surface area contributed by atoms with Gasteiger partial charge in [0.15, 0.2) is 0 Å². The first-order valence-corrected chi connectivity index (χ1v) is 8.89. The molecule has 1 heterocycles. The van der Waals surface area contributed by atoms with Gasteiger partial charge in [-0.05, 0) is 64.6 Å². The zero-order valence-corrected chi connectivity index (χ0v) is 13.8. The standard InChI is InChI=1S/C15H25N3O2S/c1-12(16-2)13-5-4-6-15(11-13)21(19,20)17-14-7-9-18(3)10-8-14/h4-6,11-12,14,16-17H,7-10H2,1-3H3. The summed E-state index contributed by atoms with van der Waals surface area (Å²) in [5.74, 6) is 0. The Balaban J connectivity index is 2.12. The van der Waals surface area contributed by atoms with E-state index in [2.05, 4.69) is 22.0 Å². The van der Waals surface area contributed by atoms with Crippen LogP contribution in [0.25, 0.3) is 0 Å². The van der Waals surface area contributed by atoms with Crippen molar-refractivity contribution in [1.29, 1.82) is 0 Å². The smallest absolute Gasteiger partial charge is 0.240 e. The van der Waals surface area contributed by atoms with Crippen molar-refractivity contribution in [2.75, 3.05) is 27.2 Å². The third kappa shape index (κ3) is 4.26. The number of hydrogen-bond acceptors (Lipinski definition) is 4. The van der Waals surface area contributed by atoms with Crippen LogP contribution in [0.5, 0.6) is 0 Å². The normalized spacial score (nSPS) is 19.6. The summed E-state index contributed by atoms with van der Waals surface area (Å²) in [6.07, 6.45) is 1.73. The topological polar surface area (TPSA) is 61.4 Å². The molecule has 0 saturated carbocycles. The van der Waals surface area contributed by atoms with Gasteiger partial charge in [0.25, 0.3) is 0 Å². The van der Waals surface area contributed by atoms with E-state index in [1.165, 1.54) is 0 Å². The molecule has 1 aromatic carbocycles. The molecule has 1 saturated heterocycles. The number of sulfonamides is 1. The number of piperidine rings is 1. The van der Waals surface area contributed by atoms with E-state index in [-0.39, 0.29) is 12.1 Å². The minimum Gasteiger partial charge on any atom is -0.313 e. The zero-order valence-electron chi connectivity index (χ0n) is 13.0. The van der Waals surface area contributed by atoms with Crippen molar-refractivity contribution in [2.24, 2.45) is 0 Å². The van der Waals surface area contributed by atoms with E-state index in [4.69, 9.17) is 0 Å². The minimum absolute atomic E-state index is 0.0385. The Labute approximate surface area is 127 Å². The molecule has 0 radical (unpaired) electrons. The lowest BCUT2D eigenvalue weighted by Crippen LogP contribution is -2.43. The number of nitrogens with zero attached hydrogens (tertiary/aromatic N) is 1. The van der Waals surface area contributed by atoms with E-state index < -0.39 is 10.0 Å². The fourth-order valence-corrected chi connectivity index (χ4v) is 3.89. The maximum atomic E-state index is 12.5. The molecule has 2 rings (SSSR count). The fraction of sp³-hybridized carbons (Fsp3) is 0.600. The molecule has 6 heteroatoms. The molecule has 0 spiro atoms. The van der Waals surface area contributed by atoms with E-state index in [1.54, 1.807) is 18.2 Å². The largest absolute Gasteiger partial charge is 0.313 e. The van der Waals surface area contributed by atoms with Gasteiger partial charge in [0.2, 0.25) is 10.0 Å². The van der Waals surface area contributed by atoms with Crippen molar-refractivity contribution < 1.29 is 8.42 Å². The molecule has 1 fully saturated rings. The summed E-state index contributed by atoms with van der Waals surface area (Å²) < 4.78 is 27.8. The average Bonchev–Trinajstić information content (AvgIpc) is 2.49. The number of rotatable bonds is 5. The van der Waals surface area contributed by atoms with E-state index in [0.717, 1.165) is 31.5 Å². The predicted octanol–water partition coefficient (Wildman–Crippen LogP) is 1.34. The van der Waals surface area contributed by atoms with Crippen molar-refractivity contribution in [3.05, 3.63) is 29.8 Å². The monoisotopic (exact) mass is 311 g/mol. The highest BCUT2D eigenvalue weighted by Crippen LogP contribution is 2.18. The maximum absolute atomic E-state index is 12.5. The van der Waals surface area contributed by atoms with Crippen LogP contribution in [0.3, 0.4) is 0 Å². The fourth-order valence-electron chi connectivity index (χ4n) is 2.53. The van der Waals surface area contributed by atoms with Crippen LogP contribution in [0.15, 0.2) is 29.2 Å². The van der Waals surface area contributed by atoms with Crippen LogP contribution in [0.2, 0.25) is 0 Å². The van der Waals surface area contributed by atoms with Crippen LogP contribution in [0.4, 0.5) is 0 Å². The molecule has 2 N–H and O–H groups in total. The van der Waals surface area contributed by atoms with Gasteiger partial charge in [-0.15, -0.1) is 0 Å². The molecule has 1 atom stereocenters. The highest BCUT2D eigenvalue weighted by molar-refractivity contribution is 7.89. The molecule has 118 valence electrons. The van der Waals surface area contributed by atoms with Gasteiger partial charge in [0.05, 0.1) is 4.90 Å². The van der Waals surface area contributed by atoms with Gasteiger partial charge in [0.1, 0.15) is 0 Å². The molecular formula is C15H25N3O2S. The number of nitrogens with one attached hydrogen (secondary N) is 2. The maximum Gasteiger partial charge on any atom is 0.240 e. The van der Waals surface area contributed by atoms with Crippen LogP contribution in [-0.4, -0.2) is 46.5 Å². The third-order valence-corrected chi connectivity index (χ3v) is 5.66. The molecule has 1 unspecified atom stereocenters. The predicted molar refractivity (Wildman–Crippen MR) is 84.8 cm³/mol. The van der Waals surface area contributed by atoms with Crippen LogP contribution in [0.1, 0.15) is 31.4 Å². The zero-order chi connectivity index (χ0) is 15.5. The quantitative estimate of drug-likeness (QED) is 0.861. The molecule has 1 aliphatic heterocycles. The number of hydrogen-bond donors (Lipinski definition) is 2. The van der Waals surface area contributed by atoms with Crippen LogP contribution >= 0.6 is 0 Å². The first-order chi connectivity index (χ1) is 9.92. The van der Waals surface area contributed by atoms with Crippen LogP contribution in [-0.2, 0) is 10.0 Å². The Morgan fingerprint density at radius 2 is 1.95 bits per heavy atom. The molecular weight excluding hydrogens is 286 g/mol. The van der Waals surface area contributed by atoms with E-state index >= 15 is 0 Å². The van der Waals surface area contributed by atoms with Crippen molar-refractivity contribution >= 4 is 10.0 Å². The average molecular weight is 311 g/mol. The van der Waals surface area contributed by atoms with Crippen LogP contribution < -0.4 is 10.0 Å². The van der Waals surface area contributed by atoms with Gasteiger partial charge in [0, 0.05) is 12.1 Å². The van der Waals surface area contributed by atoms with Gasteiger partial charge in [-0.2, -0.15) is 0 Å². The van der Waals surface area contributed by atoms with Crippen molar-refractivity contribution in [1.82, 2.24) is 14.9 Å². The summed E-state index contributed by atoms with van der Waals surface area (Å²) in [5.41, 5.74) is 0.976. The summed E-state index contributed by atoms with van der Waals surface area (Å²) >= 11 is 0. The Morgan fingerprint density at radius 1 is 1.29 bits per heavy atom. The first kappa shape index (κ1) is 16.4. The minimum atomic E-state index is -3.44. The lowest BCUT2D eigenvalue weighted by molar-refractivity contribution is 0.248. The van der Waals surface area contributed by atoms with Gasteiger partial charge in [-0.1, -0.05) is 12.1 Å². The molecule has 0 bridgehead atoms. The van der Waals surface area contributed by atoms with Crippen molar-refractivity contribution in [3.63, 3.8) is 0 Å². The molecule has 1 aliphatic rings. The summed E-state index contributed by atoms with van der Waals surface area (Å²) in [4.78, 5) is 2.57. The second-order valence-electron chi connectivity index (χ2n) is 5.78. The molecule has 5 nitrogen and oxygen atoms in total. The third-order valence-electron chi connectivity index (χ3n) is 4.14. The highest BCUT2D eigenvalue weighted by atomic mass is 32.2. The lowest BCUT2D eigenvalue weighted by atomic mass is 10.1. The van der Waals surface area contributed by atoms with Gasteiger partial charge >= 0.3 is 0 Å². The van der Waals surface area contributed by atoms with Crippen molar-refractivity contribution in [3.8, 4) is 0 Å². The lowest BCUT2D eigenvalue weighted by Gasteiger charge is -2.29. The highest BCUT2D eigenvalue weighted by Gasteiger charge is 2.23. The second-order valence-corrected chi connectivity index (χ2v) is 7.50. The second kappa shape index (κ2) is 6.87. The molecule has 0 aliphatic carbocycles. The summed E-state index contributed by atoms with van der Waals surface area (Å²) in [7, 11) is 0.489. The van der Waals surface area contributed by atoms with E-state index in [0.29, 0.717) is 4.90 Å². The molecule has 1 aromatic rings. The molecule has 0 aromatic heterocycles. The Bertz CT molecular complexity index is 566. The number of likely N-dealkylation sites (tertiary alicyclic amines) is 1.